The molecule has 2 nitrogen and oxygen atoms in total. The van der Waals surface area contributed by atoms with Crippen molar-refractivity contribution in [2.24, 2.45) is 0 Å². The minimum Gasteiger partial charge on any atom is -0.298 e. The number of para-hydroxylation sites is 1. The Hall–Kier alpha value is -0.324. The number of piperidine rings is 1. The molecule has 0 unspecified atom stereocenters. The van der Waals surface area contributed by atoms with Crippen molar-refractivity contribution in [3.8, 4) is 0 Å². The summed E-state index contributed by atoms with van der Waals surface area (Å²) in [7, 11) is 9.47. The summed E-state index contributed by atoms with van der Waals surface area (Å²) in [6.45, 7) is 3.47. The van der Waals surface area contributed by atoms with Gasteiger partial charge in [-0.2, -0.15) is 0 Å². The van der Waals surface area contributed by atoms with Gasteiger partial charge < -0.3 is 0 Å². The van der Waals surface area contributed by atoms with E-state index in [0.717, 1.165) is 12.1 Å². The summed E-state index contributed by atoms with van der Waals surface area (Å²) in [6, 6.07) is 12.7. The molecule has 1 aliphatic heterocycles. The largest absolute Gasteiger partial charge is 0.298 e. The number of benzene rings is 1. The number of fused-ring (bicyclic) bond motifs is 1. The van der Waals surface area contributed by atoms with Gasteiger partial charge in [-0.3, -0.25) is 9.88 Å². The Morgan fingerprint density at radius 2 is 1.70 bits per heavy atom. The zero-order chi connectivity index (χ0) is 14.2. The third-order valence-electron chi connectivity index (χ3n) is 3.49. The number of halogens is 2. The molecular formula is C15H18Cl2CoN2+. The van der Waals surface area contributed by atoms with E-state index in [-0.39, 0.29) is 0 Å². The average Bonchev–Trinajstić information content (AvgIpc) is 2.49. The molecule has 0 atom stereocenters. The summed E-state index contributed by atoms with van der Waals surface area (Å²) in [4.78, 5) is 7.24. The molecule has 0 N–H and O–H groups in total. The van der Waals surface area contributed by atoms with Gasteiger partial charge in [0.1, 0.15) is 0 Å². The first-order chi connectivity index (χ1) is 9.83. The van der Waals surface area contributed by atoms with Crippen molar-refractivity contribution in [1.29, 1.82) is 0 Å². The van der Waals surface area contributed by atoms with Gasteiger partial charge in [0, 0.05) is 11.9 Å². The predicted octanol–water partition coefficient (Wildman–Crippen LogP) is 4.60. The maximum atomic E-state index is 4.73. The van der Waals surface area contributed by atoms with Crippen LogP contribution in [0.1, 0.15) is 25.0 Å². The van der Waals surface area contributed by atoms with Gasteiger partial charge in [-0.1, -0.05) is 30.7 Å². The van der Waals surface area contributed by atoms with E-state index in [1.165, 1.54) is 43.4 Å². The Morgan fingerprint density at radius 1 is 1.00 bits per heavy atom. The predicted molar refractivity (Wildman–Crippen MR) is 82.6 cm³/mol. The third-order valence-corrected chi connectivity index (χ3v) is 3.49. The van der Waals surface area contributed by atoms with Crippen molar-refractivity contribution >= 4 is 31.2 Å². The Bertz CT molecular complexity index is 530. The quantitative estimate of drug-likeness (QED) is 0.782. The van der Waals surface area contributed by atoms with Crippen LogP contribution in [0.4, 0.5) is 0 Å². The molecule has 0 aliphatic carbocycles. The van der Waals surface area contributed by atoms with Crippen LogP contribution in [0.3, 0.4) is 0 Å². The molecule has 110 valence electrons. The van der Waals surface area contributed by atoms with E-state index in [9.17, 15) is 0 Å². The maximum absolute atomic E-state index is 4.73. The molecule has 1 saturated heterocycles. The zero-order valence-electron chi connectivity index (χ0n) is 11.2. The molecule has 0 amide bonds. The Balaban J connectivity index is 0.000000452. The minimum atomic E-state index is 0.382. The molecule has 1 aromatic heterocycles. The summed E-state index contributed by atoms with van der Waals surface area (Å²) in [5.74, 6) is 0. The second-order valence-electron chi connectivity index (χ2n) is 4.88. The van der Waals surface area contributed by atoms with Gasteiger partial charge >= 0.3 is 33.2 Å². The van der Waals surface area contributed by atoms with Crippen LogP contribution < -0.4 is 0 Å². The van der Waals surface area contributed by atoms with Gasteiger partial charge in [-0.25, -0.2) is 0 Å². The molecule has 2 heterocycles. The van der Waals surface area contributed by atoms with E-state index in [1.54, 1.807) is 0 Å². The van der Waals surface area contributed by atoms with Crippen LogP contribution in [0, 0.1) is 0 Å². The van der Waals surface area contributed by atoms with Crippen LogP contribution in [0.25, 0.3) is 10.9 Å². The maximum Gasteiger partial charge on any atom is 0.0705 e. The first kappa shape index (κ1) is 16.1. The van der Waals surface area contributed by atoms with Crippen molar-refractivity contribution < 1.29 is 12.9 Å². The van der Waals surface area contributed by atoms with Gasteiger partial charge in [-0.15, -0.1) is 0 Å². The molecule has 0 radical (unpaired) electrons. The van der Waals surface area contributed by atoms with E-state index < -0.39 is 0 Å². The zero-order valence-corrected chi connectivity index (χ0v) is 13.7. The topological polar surface area (TPSA) is 16.1 Å². The van der Waals surface area contributed by atoms with Crippen LogP contribution in [0.5, 0.6) is 0 Å². The Labute approximate surface area is 134 Å². The van der Waals surface area contributed by atoms with Gasteiger partial charge in [0.15, 0.2) is 0 Å². The SMILES string of the molecule is [Cl][Co+][Cl].c1ccc2nc(CN3CCCCC3)ccc2c1. The van der Waals surface area contributed by atoms with E-state index in [2.05, 4.69) is 41.3 Å². The minimum absolute atomic E-state index is 0.382. The number of likely N-dealkylation sites (tertiary alicyclic amines) is 1. The molecule has 2 aromatic rings. The van der Waals surface area contributed by atoms with Crippen molar-refractivity contribution in [2.75, 3.05) is 13.1 Å². The first-order valence-corrected chi connectivity index (χ1v) is 9.60. The van der Waals surface area contributed by atoms with Crippen LogP contribution in [0.2, 0.25) is 0 Å². The Morgan fingerprint density at radius 3 is 2.45 bits per heavy atom. The number of nitrogens with zero attached hydrogens (tertiary/aromatic N) is 2. The standard InChI is InChI=1S/C15H18N2.2ClH.Co/c1-4-10-17(11-5-1)12-14-9-8-13-6-2-3-7-15(13)16-14;;;/h2-3,6-9H,1,4-5,10-12H2;2*1H;/q;;;+3/p-2. The van der Waals surface area contributed by atoms with Crippen LogP contribution in [-0.2, 0) is 19.4 Å². The van der Waals surface area contributed by atoms with Crippen LogP contribution >= 0.6 is 20.3 Å². The fraction of sp³-hybridized carbons (Fsp3) is 0.400. The molecule has 0 spiro atoms. The second kappa shape index (κ2) is 8.85. The van der Waals surface area contributed by atoms with Gasteiger partial charge in [0.05, 0.1) is 11.2 Å². The van der Waals surface area contributed by atoms with Crippen molar-refractivity contribution in [3.05, 3.63) is 42.1 Å². The van der Waals surface area contributed by atoms with E-state index in [4.69, 9.17) is 25.3 Å². The average molecular weight is 356 g/mol. The molecule has 0 saturated carbocycles. The van der Waals surface area contributed by atoms with Crippen LogP contribution in [0.15, 0.2) is 36.4 Å². The molecule has 1 aromatic carbocycles. The molecule has 1 aliphatic rings. The van der Waals surface area contributed by atoms with E-state index in [1.807, 2.05) is 0 Å². The van der Waals surface area contributed by atoms with E-state index in [0.29, 0.717) is 12.9 Å². The number of hydrogen-bond acceptors (Lipinski definition) is 2. The molecule has 20 heavy (non-hydrogen) atoms. The summed E-state index contributed by atoms with van der Waals surface area (Å²) in [6.07, 6.45) is 4.07. The molecule has 5 heteroatoms. The second-order valence-corrected chi connectivity index (χ2v) is 6.60. The summed E-state index contributed by atoms with van der Waals surface area (Å²) < 4.78 is 0. The fourth-order valence-electron chi connectivity index (χ4n) is 2.54. The number of rotatable bonds is 2. The molecule has 0 bridgehead atoms. The van der Waals surface area contributed by atoms with E-state index >= 15 is 0 Å². The first-order valence-electron chi connectivity index (χ1n) is 6.74. The number of aromatic nitrogens is 1. The summed E-state index contributed by atoms with van der Waals surface area (Å²) >= 11 is 0.382. The third kappa shape index (κ3) is 4.90. The van der Waals surface area contributed by atoms with Gasteiger partial charge in [-0.05, 0) is 38.1 Å². The summed E-state index contributed by atoms with van der Waals surface area (Å²) in [5, 5.41) is 1.23. The fourth-order valence-corrected chi connectivity index (χ4v) is 2.54. The van der Waals surface area contributed by atoms with Gasteiger partial charge in [0.2, 0.25) is 0 Å². The molecule has 3 rings (SSSR count). The molecular weight excluding hydrogens is 338 g/mol. The monoisotopic (exact) mass is 355 g/mol. The van der Waals surface area contributed by atoms with Crippen LogP contribution in [-0.4, -0.2) is 23.0 Å². The van der Waals surface area contributed by atoms with Crippen molar-refractivity contribution in [3.63, 3.8) is 0 Å². The van der Waals surface area contributed by atoms with Crippen molar-refractivity contribution in [2.45, 2.75) is 25.8 Å². The smallest absolute Gasteiger partial charge is 0.0705 e. The van der Waals surface area contributed by atoms with Gasteiger partial charge in [0.25, 0.3) is 0 Å². The summed E-state index contributed by atoms with van der Waals surface area (Å²) in [5.41, 5.74) is 2.31. The molecule has 1 fully saturated rings. The van der Waals surface area contributed by atoms with Crippen molar-refractivity contribution in [1.82, 2.24) is 9.88 Å². The number of pyridine rings is 1. The number of hydrogen-bond donors (Lipinski definition) is 0. The Kier molecular flexibility index (Phi) is 7.11. The normalized spacial score (nSPS) is 15.9.